The van der Waals surface area contributed by atoms with Gasteiger partial charge in [0.25, 0.3) is 0 Å². The van der Waals surface area contributed by atoms with Crippen LogP contribution in [0, 0.1) is 23.7 Å². The zero-order valence-corrected chi connectivity index (χ0v) is 11.7. The fraction of sp³-hybridized carbons (Fsp3) is 0.250. The molecule has 0 nitrogen and oxygen atoms in total. The fourth-order valence-electron chi connectivity index (χ4n) is 1.43. The van der Waals surface area contributed by atoms with Crippen LogP contribution < -0.4 is 0 Å². The summed E-state index contributed by atoms with van der Waals surface area (Å²) in [6, 6.07) is 8.19. The number of rotatable bonds is 3. The molecule has 0 atom stereocenters. The summed E-state index contributed by atoms with van der Waals surface area (Å²) in [5.74, 6) is 12.8. The Balaban J connectivity index is 1.59. The summed E-state index contributed by atoms with van der Waals surface area (Å²) in [5, 5.41) is 4.12. The van der Waals surface area contributed by atoms with Gasteiger partial charge in [-0.15, -0.1) is 22.7 Å². The smallest absolute Gasteiger partial charge is 0.0768 e. The van der Waals surface area contributed by atoms with Crippen LogP contribution in [-0.4, -0.2) is 0 Å². The average Bonchev–Trinajstić information content (AvgIpc) is 3.05. The summed E-state index contributed by atoms with van der Waals surface area (Å²) in [5.41, 5.74) is 0. The molecule has 18 heavy (non-hydrogen) atoms. The van der Waals surface area contributed by atoms with Crippen LogP contribution in [0.3, 0.4) is 0 Å². The average molecular weight is 270 g/mol. The van der Waals surface area contributed by atoms with Crippen LogP contribution in [0.2, 0.25) is 0 Å². The molecule has 0 amide bonds. The Kier molecular flexibility index (Phi) is 5.60. The first-order valence-electron chi connectivity index (χ1n) is 6.00. The lowest BCUT2D eigenvalue weighted by Crippen LogP contribution is -1.73. The Bertz CT molecular complexity index is 500. The van der Waals surface area contributed by atoms with Crippen molar-refractivity contribution in [3.05, 3.63) is 44.8 Å². The zero-order valence-electron chi connectivity index (χ0n) is 10.1. The molecule has 0 aliphatic rings. The lowest BCUT2D eigenvalue weighted by atomic mass is 10.2. The highest BCUT2D eigenvalue weighted by Crippen LogP contribution is 2.07. The molecule has 90 valence electrons. The lowest BCUT2D eigenvalue weighted by molar-refractivity contribution is 0.782. The van der Waals surface area contributed by atoms with Gasteiger partial charge in [0.1, 0.15) is 0 Å². The molecule has 0 N–H and O–H groups in total. The molecule has 0 aliphatic carbocycles. The van der Waals surface area contributed by atoms with E-state index in [0.717, 1.165) is 35.4 Å². The van der Waals surface area contributed by atoms with Crippen LogP contribution in [0.1, 0.15) is 35.4 Å². The first-order valence-corrected chi connectivity index (χ1v) is 7.76. The Morgan fingerprint density at radius 1 is 0.778 bits per heavy atom. The molecule has 2 heterocycles. The fourth-order valence-corrected chi connectivity index (χ4v) is 2.61. The van der Waals surface area contributed by atoms with E-state index in [4.69, 9.17) is 0 Å². The highest BCUT2D eigenvalue weighted by molar-refractivity contribution is 7.10. The molecule has 0 radical (unpaired) electrons. The molecule has 2 aromatic rings. The summed E-state index contributed by atoms with van der Waals surface area (Å²) in [7, 11) is 0. The normalized spacial score (nSPS) is 9.11. The van der Waals surface area contributed by atoms with Crippen molar-refractivity contribution in [1.29, 1.82) is 0 Å². The molecule has 0 fully saturated rings. The van der Waals surface area contributed by atoms with Crippen molar-refractivity contribution in [2.75, 3.05) is 0 Å². The van der Waals surface area contributed by atoms with Gasteiger partial charge in [-0.1, -0.05) is 35.8 Å². The Hall–Kier alpha value is -1.48. The molecular weight excluding hydrogens is 256 g/mol. The molecule has 0 saturated heterocycles. The Labute approximate surface area is 117 Å². The molecule has 2 heteroatoms. The number of hydrogen-bond donors (Lipinski definition) is 0. The van der Waals surface area contributed by atoms with Gasteiger partial charge in [0.15, 0.2) is 0 Å². The predicted molar refractivity (Wildman–Crippen MR) is 80.9 cm³/mol. The van der Waals surface area contributed by atoms with Gasteiger partial charge < -0.3 is 0 Å². The van der Waals surface area contributed by atoms with Crippen LogP contribution in [0.15, 0.2) is 35.0 Å². The van der Waals surface area contributed by atoms with E-state index in [2.05, 4.69) is 46.6 Å². The minimum atomic E-state index is 0.971. The van der Waals surface area contributed by atoms with Crippen molar-refractivity contribution in [3.63, 3.8) is 0 Å². The first kappa shape index (κ1) is 13.0. The summed E-state index contributed by atoms with van der Waals surface area (Å²) in [4.78, 5) is 2.32. The number of hydrogen-bond acceptors (Lipinski definition) is 2. The Morgan fingerprint density at radius 3 is 1.67 bits per heavy atom. The third kappa shape index (κ3) is 4.80. The number of thiophene rings is 2. The molecule has 0 saturated carbocycles. The van der Waals surface area contributed by atoms with Crippen LogP contribution in [0.25, 0.3) is 0 Å². The molecule has 0 bridgehead atoms. The van der Waals surface area contributed by atoms with Gasteiger partial charge >= 0.3 is 0 Å². The quantitative estimate of drug-likeness (QED) is 0.556. The van der Waals surface area contributed by atoms with Gasteiger partial charge in [-0.3, -0.25) is 0 Å². The maximum absolute atomic E-state index is 3.21. The number of unbranched alkanes of at least 4 members (excludes halogenated alkanes) is 3. The van der Waals surface area contributed by atoms with Crippen molar-refractivity contribution in [2.45, 2.75) is 25.7 Å². The van der Waals surface area contributed by atoms with Crippen LogP contribution in [0.5, 0.6) is 0 Å². The van der Waals surface area contributed by atoms with E-state index in [1.54, 1.807) is 22.7 Å². The molecular formula is C16H14S2. The predicted octanol–water partition coefficient (Wildman–Crippen LogP) is 4.77. The van der Waals surface area contributed by atoms with E-state index in [1.807, 2.05) is 12.1 Å². The zero-order chi connectivity index (χ0) is 12.5. The third-order valence-corrected chi connectivity index (χ3v) is 3.89. The van der Waals surface area contributed by atoms with Crippen molar-refractivity contribution in [1.82, 2.24) is 0 Å². The van der Waals surface area contributed by atoms with Gasteiger partial charge in [-0.2, -0.15) is 0 Å². The minimum absolute atomic E-state index is 0.971. The van der Waals surface area contributed by atoms with Crippen LogP contribution in [-0.2, 0) is 0 Å². The summed E-state index contributed by atoms with van der Waals surface area (Å²) in [6.45, 7) is 0. The summed E-state index contributed by atoms with van der Waals surface area (Å²) >= 11 is 3.40. The standard InChI is InChI=1S/C16H14S2/c1(3-5-9-15-11-7-13-17-15)2-4-6-10-16-12-8-14-18-16/h7-8,11-14H,1-4H2. The first-order chi connectivity index (χ1) is 8.95. The highest BCUT2D eigenvalue weighted by atomic mass is 32.1. The SMILES string of the molecule is C(#Cc1cccs1)CCCCC#Cc1cccs1. The second kappa shape index (κ2) is 7.77. The maximum Gasteiger partial charge on any atom is 0.0768 e. The summed E-state index contributed by atoms with van der Waals surface area (Å²) < 4.78 is 0. The van der Waals surface area contributed by atoms with Crippen molar-refractivity contribution < 1.29 is 0 Å². The van der Waals surface area contributed by atoms with Crippen molar-refractivity contribution in [2.24, 2.45) is 0 Å². The van der Waals surface area contributed by atoms with E-state index in [9.17, 15) is 0 Å². The van der Waals surface area contributed by atoms with E-state index >= 15 is 0 Å². The molecule has 2 rings (SSSR count). The van der Waals surface area contributed by atoms with Gasteiger partial charge in [0, 0.05) is 12.8 Å². The second-order valence-corrected chi connectivity index (χ2v) is 5.66. The topological polar surface area (TPSA) is 0 Å². The third-order valence-electron chi connectivity index (χ3n) is 2.32. The highest BCUT2D eigenvalue weighted by Gasteiger charge is 1.87. The van der Waals surface area contributed by atoms with Crippen LogP contribution >= 0.6 is 22.7 Å². The molecule has 2 aromatic heterocycles. The van der Waals surface area contributed by atoms with Gasteiger partial charge in [0.2, 0.25) is 0 Å². The van der Waals surface area contributed by atoms with Gasteiger partial charge in [0.05, 0.1) is 9.75 Å². The van der Waals surface area contributed by atoms with E-state index in [1.165, 1.54) is 0 Å². The Morgan fingerprint density at radius 2 is 1.28 bits per heavy atom. The van der Waals surface area contributed by atoms with Gasteiger partial charge in [-0.25, -0.2) is 0 Å². The lowest BCUT2D eigenvalue weighted by Gasteiger charge is -1.88. The second-order valence-electron chi connectivity index (χ2n) is 3.77. The minimum Gasteiger partial charge on any atom is -0.135 e. The van der Waals surface area contributed by atoms with Crippen molar-refractivity contribution in [3.8, 4) is 23.7 Å². The van der Waals surface area contributed by atoms with E-state index < -0.39 is 0 Å². The van der Waals surface area contributed by atoms with Crippen molar-refractivity contribution >= 4 is 22.7 Å². The van der Waals surface area contributed by atoms with E-state index in [0.29, 0.717) is 0 Å². The largest absolute Gasteiger partial charge is 0.135 e. The maximum atomic E-state index is 3.21. The van der Waals surface area contributed by atoms with Crippen LogP contribution in [0.4, 0.5) is 0 Å². The molecule has 0 unspecified atom stereocenters. The molecule has 0 aromatic carbocycles. The monoisotopic (exact) mass is 270 g/mol. The molecule has 0 aliphatic heterocycles. The van der Waals surface area contributed by atoms with E-state index in [-0.39, 0.29) is 0 Å². The molecule has 0 spiro atoms. The van der Waals surface area contributed by atoms with Gasteiger partial charge in [-0.05, 0) is 35.7 Å². The summed E-state index contributed by atoms with van der Waals surface area (Å²) in [6.07, 6.45) is 4.21.